The molecule has 1 N–H and O–H groups in total. The number of para-hydroxylation sites is 2. The van der Waals surface area contributed by atoms with Crippen LogP contribution in [0.4, 0.5) is 10.5 Å². The van der Waals surface area contributed by atoms with Crippen LogP contribution < -0.4 is 19.7 Å². The first kappa shape index (κ1) is 17.7. The molecule has 0 bridgehead atoms. The van der Waals surface area contributed by atoms with Crippen LogP contribution in [0.25, 0.3) is 0 Å². The largest absolute Gasteiger partial charge is 0.490 e. The summed E-state index contributed by atoms with van der Waals surface area (Å²) < 4.78 is 11.9. The Balaban J connectivity index is 1.32. The molecule has 2 atom stereocenters. The fourth-order valence-corrected chi connectivity index (χ4v) is 4.09. The van der Waals surface area contributed by atoms with Gasteiger partial charge >= 0.3 is 0 Å². The maximum Gasteiger partial charge on any atom is 0.286 e. The highest BCUT2D eigenvalue weighted by Gasteiger charge is 2.31. The number of benzene rings is 2. The van der Waals surface area contributed by atoms with Gasteiger partial charge in [0.25, 0.3) is 5.24 Å². The molecular weight excluding hydrogens is 364 g/mol. The van der Waals surface area contributed by atoms with Gasteiger partial charge in [0, 0.05) is 7.05 Å². The zero-order valence-electron chi connectivity index (χ0n) is 14.9. The normalized spacial score (nSPS) is 21.4. The first-order valence-electron chi connectivity index (χ1n) is 8.78. The van der Waals surface area contributed by atoms with Gasteiger partial charge in [-0.25, -0.2) is 0 Å². The van der Waals surface area contributed by atoms with E-state index in [0.29, 0.717) is 13.0 Å². The van der Waals surface area contributed by atoms with Gasteiger partial charge < -0.3 is 14.4 Å². The van der Waals surface area contributed by atoms with E-state index in [0.717, 1.165) is 41.1 Å². The molecule has 2 heterocycles. The number of nitrogens with one attached hydrogen (secondary N) is 1. The van der Waals surface area contributed by atoms with E-state index in [1.807, 2.05) is 55.6 Å². The Morgan fingerprint density at radius 3 is 2.70 bits per heavy atom. The number of hydrogen-bond donors (Lipinski definition) is 1. The predicted molar refractivity (Wildman–Crippen MR) is 105 cm³/mol. The Bertz CT molecular complexity index is 855. The lowest BCUT2D eigenvalue weighted by atomic mass is 10.1. The maximum absolute atomic E-state index is 11.7. The van der Waals surface area contributed by atoms with Crippen LogP contribution in [0.2, 0.25) is 0 Å². The van der Waals surface area contributed by atoms with Crippen LogP contribution in [0.1, 0.15) is 5.56 Å². The molecule has 7 heteroatoms. The lowest BCUT2D eigenvalue weighted by Gasteiger charge is -2.33. The van der Waals surface area contributed by atoms with Crippen LogP contribution >= 0.6 is 11.8 Å². The minimum Gasteiger partial charge on any atom is -0.490 e. The Morgan fingerprint density at radius 1 is 1.19 bits per heavy atom. The van der Waals surface area contributed by atoms with Crippen molar-refractivity contribution in [1.29, 1.82) is 0 Å². The second-order valence-corrected chi connectivity index (χ2v) is 7.81. The average molecular weight is 384 g/mol. The monoisotopic (exact) mass is 384 g/mol. The lowest BCUT2D eigenvalue weighted by molar-refractivity contribution is -0.118. The van der Waals surface area contributed by atoms with Gasteiger partial charge in [-0.3, -0.25) is 14.9 Å². The van der Waals surface area contributed by atoms with Crippen molar-refractivity contribution in [3.8, 4) is 11.5 Å². The molecule has 27 heavy (non-hydrogen) atoms. The van der Waals surface area contributed by atoms with E-state index in [1.165, 1.54) is 0 Å². The summed E-state index contributed by atoms with van der Waals surface area (Å²) in [7, 11) is 2.05. The topological polar surface area (TPSA) is 67.9 Å². The lowest BCUT2D eigenvalue weighted by Crippen LogP contribution is -2.41. The Kier molecular flexibility index (Phi) is 4.94. The number of anilines is 1. The molecule has 140 valence electrons. The van der Waals surface area contributed by atoms with Gasteiger partial charge in [-0.15, -0.1) is 0 Å². The number of rotatable bonds is 5. The van der Waals surface area contributed by atoms with Gasteiger partial charge in [-0.05, 0) is 36.2 Å². The molecular formula is C20H20N2O4S. The van der Waals surface area contributed by atoms with Gasteiger partial charge in [0.2, 0.25) is 5.91 Å². The molecule has 4 rings (SSSR count). The highest BCUT2D eigenvalue weighted by molar-refractivity contribution is 8.15. The van der Waals surface area contributed by atoms with E-state index < -0.39 is 0 Å². The Morgan fingerprint density at radius 2 is 1.96 bits per heavy atom. The molecule has 0 spiro atoms. The number of fused-ring (bicyclic) bond motifs is 1. The van der Waals surface area contributed by atoms with Crippen molar-refractivity contribution < 1.29 is 19.1 Å². The van der Waals surface area contributed by atoms with E-state index in [-0.39, 0.29) is 22.5 Å². The van der Waals surface area contributed by atoms with E-state index >= 15 is 0 Å². The molecule has 2 amide bonds. The molecule has 2 aromatic rings. The Labute approximate surface area is 161 Å². The van der Waals surface area contributed by atoms with Crippen LogP contribution in [0.15, 0.2) is 48.5 Å². The van der Waals surface area contributed by atoms with Crippen molar-refractivity contribution in [3.05, 3.63) is 54.1 Å². The number of likely N-dealkylation sites (N-methyl/N-ethyl adjacent to an activating group) is 1. The van der Waals surface area contributed by atoms with Gasteiger partial charge in [0.15, 0.2) is 0 Å². The molecule has 0 saturated carbocycles. The number of ether oxygens (including phenoxy) is 2. The number of imide groups is 1. The minimum atomic E-state index is -0.351. The van der Waals surface area contributed by atoms with E-state index in [2.05, 4.69) is 10.2 Å². The second kappa shape index (κ2) is 7.52. The zero-order chi connectivity index (χ0) is 18.8. The summed E-state index contributed by atoms with van der Waals surface area (Å²) in [5.41, 5.74) is 2.08. The molecule has 1 fully saturated rings. The van der Waals surface area contributed by atoms with Crippen LogP contribution in [0, 0.1) is 0 Å². The minimum absolute atomic E-state index is 0.0471. The SMILES string of the molecule is CN1CC(COc2ccc(CC3SC(=O)NC3=O)cc2)Oc2ccccc21. The molecule has 1 saturated heterocycles. The van der Waals surface area contributed by atoms with Crippen LogP contribution in [0.3, 0.4) is 0 Å². The summed E-state index contributed by atoms with van der Waals surface area (Å²) >= 11 is 1.04. The van der Waals surface area contributed by atoms with Crippen LogP contribution in [-0.2, 0) is 11.2 Å². The average Bonchev–Trinajstić information content (AvgIpc) is 2.98. The van der Waals surface area contributed by atoms with Gasteiger partial charge in [-0.1, -0.05) is 36.0 Å². The predicted octanol–water partition coefficient (Wildman–Crippen LogP) is 2.86. The smallest absolute Gasteiger partial charge is 0.286 e. The molecule has 0 radical (unpaired) electrons. The summed E-state index contributed by atoms with van der Waals surface area (Å²) in [5, 5.41) is 1.68. The maximum atomic E-state index is 11.7. The molecule has 0 aliphatic carbocycles. The summed E-state index contributed by atoms with van der Waals surface area (Å²) in [4.78, 5) is 25.1. The molecule has 2 aliphatic heterocycles. The highest BCUT2D eigenvalue weighted by Crippen LogP contribution is 2.32. The number of carbonyl (C=O) groups is 2. The first-order chi connectivity index (χ1) is 13.1. The number of hydrogen-bond acceptors (Lipinski definition) is 6. The number of carbonyl (C=O) groups excluding carboxylic acids is 2. The van der Waals surface area contributed by atoms with E-state index in [1.54, 1.807) is 0 Å². The van der Waals surface area contributed by atoms with Crippen LogP contribution in [0.5, 0.6) is 11.5 Å². The van der Waals surface area contributed by atoms with Gasteiger partial charge in [0.1, 0.15) is 24.2 Å². The molecule has 2 aliphatic rings. The zero-order valence-corrected chi connectivity index (χ0v) is 15.7. The van der Waals surface area contributed by atoms with Crippen molar-refractivity contribution in [2.45, 2.75) is 17.8 Å². The number of thioether (sulfide) groups is 1. The van der Waals surface area contributed by atoms with E-state index in [9.17, 15) is 9.59 Å². The van der Waals surface area contributed by atoms with Crippen molar-refractivity contribution in [2.24, 2.45) is 0 Å². The van der Waals surface area contributed by atoms with E-state index in [4.69, 9.17) is 9.47 Å². The summed E-state index contributed by atoms with van der Waals surface area (Å²) in [5.74, 6) is 1.41. The summed E-state index contributed by atoms with van der Waals surface area (Å²) in [6.45, 7) is 1.21. The summed E-state index contributed by atoms with van der Waals surface area (Å²) in [6, 6.07) is 15.6. The third-order valence-electron chi connectivity index (χ3n) is 4.59. The van der Waals surface area contributed by atoms with Gasteiger partial charge in [0.05, 0.1) is 17.5 Å². The first-order valence-corrected chi connectivity index (χ1v) is 9.66. The fourth-order valence-electron chi connectivity index (χ4n) is 3.23. The third-order valence-corrected chi connectivity index (χ3v) is 5.58. The molecule has 2 unspecified atom stereocenters. The van der Waals surface area contributed by atoms with Crippen molar-refractivity contribution in [3.63, 3.8) is 0 Å². The van der Waals surface area contributed by atoms with Crippen LogP contribution in [-0.4, -0.2) is 42.7 Å². The van der Waals surface area contributed by atoms with Gasteiger partial charge in [-0.2, -0.15) is 0 Å². The quantitative estimate of drug-likeness (QED) is 0.855. The highest BCUT2D eigenvalue weighted by atomic mass is 32.2. The third kappa shape index (κ3) is 4.03. The standard InChI is InChI=1S/C20H20N2O4S/c1-22-11-15(26-17-5-3-2-4-16(17)22)12-25-14-8-6-13(7-9-14)10-18-19(23)21-20(24)27-18/h2-9,15,18H,10-12H2,1H3,(H,21,23,24). The van der Waals surface area contributed by atoms with Crippen molar-refractivity contribution in [2.75, 3.05) is 25.1 Å². The molecule has 6 nitrogen and oxygen atoms in total. The number of nitrogens with zero attached hydrogens (tertiary/aromatic N) is 1. The Hall–Kier alpha value is -2.67. The summed E-state index contributed by atoms with van der Waals surface area (Å²) in [6.07, 6.45) is 0.477. The fraction of sp³-hybridized carbons (Fsp3) is 0.300. The van der Waals surface area contributed by atoms with Crippen molar-refractivity contribution >= 4 is 28.6 Å². The molecule has 2 aromatic carbocycles. The van der Waals surface area contributed by atoms with Crippen molar-refractivity contribution in [1.82, 2.24) is 5.32 Å². The number of amides is 2. The molecule has 0 aromatic heterocycles. The second-order valence-electron chi connectivity index (χ2n) is 6.63.